The molecule has 0 saturated carbocycles. The normalized spacial score (nSPS) is 11.4. The number of carbonyl (C=O) groups excluding carboxylic acids is 2. The largest absolute Gasteiger partial charge is 0.457 e. The fraction of sp³-hybridized carbons (Fsp3) is 0.200. The third-order valence-electron chi connectivity index (χ3n) is 6.10. The number of hydrogen-bond donors (Lipinski definition) is 1. The maximum Gasteiger partial charge on any atom is 0.331 e. The summed E-state index contributed by atoms with van der Waals surface area (Å²) < 4.78 is 10.9. The van der Waals surface area contributed by atoms with Gasteiger partial charge in [0.15, 0.2) is 6.61 Å². The van der Waals surface area contributed by atoms with E-state index in [1.165, 1.54) is 17.7 Å². The lowest BCUT2D eigenvalue weighted by molar-refractivity contribution is -0.142. The molecule has 3 aromatic carbocycles. The Hall–Kier alpha value is -4.52. The summed E-state index contributed by atoms with van der Waals surface area (Å²) in [5.41, 5.74) is 3.96. The van der Waals surface area contributed by atoms with Crippen LogP contribution < -0.4 is 10.1 Å². The van der Waals surface area contributed by atoms with E-state index < -0.39 is 18.5 Å². The van der Waals surface area contributed by atoms with Crippen molar-refractivity contribution in [2.75, 3.05) is 11.9 Å². The number of benzene rings is 3. The summed E-state index contributed by atoms with van der Waals surface area (Å²) in [5.74, 6) is 0.285. The van der Waals surface area contributed by atoms with Crippen LogP contribution in [0, 0.1) is 0 Å². The molecule has 0 aliphatic carbocycles. The number of ether oxygens (including phenoxy) is 2. The number of nitrogens with zero attached hydrogens (tertiary/aromatic N) is 2. The molecule has 4 rings (SSSR count). The average Bonchev–Trinajstić information content (AvgIpc) is 2.92. The monoisotopic (exact) mass is 495 g/mol. The summed E-state index contributed by atoms with van der Waals surface area (Å²) >= 11 is 0. The van der Waals surface area contributed by atoms with Crippen LogP contribution in [0.2, 0.25) is 0 Å². The first kappa shape index (κ1) is 25.6. The fourth-order valence-corrected chi connectivity index (χ4v) is 3.51. The fourth-order valence-electron chi connectivity index (χ4n) is 3.51. The summed E-state index contributed by atoms with van der Waals surface area (Å²) in [6, 6.07) is 22.5. The van der Waals surface area contributed by atoms with Crippen molar-refractivity contribution >= 4 is 34.7 Å². The molecular weight excluding hydrogens is 466 g/mol. The smallest absolute Gasteiger partial charge is 0.331 e. The first-order valence-corrected chi connectivity index (χ1v) is 12.1. The molecule has 0 fully saturated rings. The molecule has 1 aromatic heterocycles. The number of aromatic nitrogens is 2. The van der Waals surface area contributed by atoms with Gasteiger partial charge in [-0.2, -0.15) is 0 Å². The number of hydrogen-bond acceptors (Lipinski definition) is 6. The zero-order chi connectivity index (χ0) is 26.3. The number of amides is 1. The number of anilines is 1. The second-order valence-electron chi connectivity index (χ2n) is 9.16. The number of esters is 1. The predicted octanol–water partition coefficient (Wildman–Crippen LogP) is 6.30. The molecule has 0 atom stereocenters. The highest BCUT2D eigenvalue weighted by Crippen LogP contribution is 2.30. The van der Waals surface area contributed by atoms with Gasteiger partial charge in [0.2, 0.25) is 0 Å². The minimum Gasteiger partial charge on any atom is -0.457 e. The lowest BCUT2D eigenvalue weighted by Gasteiger charge is -2.23. The SMILES string of the molecule is CCC(C)(C)c1ccc(Oc2ccc(NC(=O)COC(=O)/C=C/c3cnc4ccccc4n3)cc2)cc1. The Kier molecular flexibility index (Phi) is 7.93. The van der Waals surface area contributed by atoms with Gasteiger partial charge in [-0.15, -0.1) is 0 Å². The van der Waals surface area contributed by atoms with Crippen LogP contribution in [-0.2, 0) is 19.7 Å². The van der Waals surface area contributed by atoms with Gasteiger partial charge in [-0.1, -0.05) is 45.0 Å². The van der Waals surface area contributed by atoms with Gasteiger partial charge >= 0.3 is 5.97 Å². The maximum atomic E-state index is 12.2. The van der Waals surface area contributed by atoms with Crippen molar-refractivity contribution < 1.29 is 19.1 Å². The van der Waals surface area contributed by atoms with Gasteiger partial charge in [0.1, 0.15) is 11.5 Å². The van der Waals surface area contributed by atoms with Crippen molar-refractivity contribution in [3.05, 3.63) is 96.3 Å². The Morgan fingerprint density at radius 3 is 2.24 bits per heavy atom. The highest BCUT2D eigenvalue weighted by molar-refractivity contribution is 5.94. The molecule has 37 heavy (non-hydrogen) atoms. The highest BCUT2D eigenvalue weighted by atomic mass is 16.5. The summed E-state index contributed by atoms with van der Waals surface area (Å²) in [4.78, 5) is 32.9. The van der Waals surface area contributed by atoms with Gasteiger partial charge in [-0.05, 0) is 72.0 Å². The summed E-state index contributed by atoms with van der Waals surface area (Å²) in [6.45, 7) is 6.20. The Morgan fingerprint density at radius 1 is 0.919 bits per heavy atom. The van der Waals surface area contributed by atoms with E-state index in [4.69, 9.17) is 9.47 Å². The molecule has 0 bridgehead atoms. The molecule has 0 radical (unpaired) electrons. The zero-order valence-electron chi connectivity index (χ0n) is 21.1. The summed E-state index contributed by atoms with van der Waals surface area (Å²) in [6.07, 6.45) is 5.33. The maximum absolute atomic E-state index is 12.2. The third-order valence-corrected chi connectivity index (χ3v) is 6.10. The number of fused-ring (bicyclic) bond motifs is 1. The molecule has 7 nitrogen and oxygen atoms in total. The molecule has 0 saturated heterocycles. The van der Waals surface area contributed by atoms with Crippen LogP contribution in [0.15, 0.2) is 85.1 Å². The van der Waals surface area contributed by atoms with Crippen molar-refractivity contribution in [1.29, 1.82) is 0 Å². The highest BCUT2D eigenvalue weighted by Gasteiger charge is 2.17. The second kappa shape index (κ2) is 11.5. The van der Waals surface area contributed by atoms with E-state index in [0.717, 1.165) is 23.2 Å². The van der Waals surface area contributed by atoms with Gasteiger partial charge in [-0.25, -0.2) is 9.78 Å². The van der Waals surface area contributed by atoms with Crippen molar-refractivity contribution in [1.82, 2.24) is 9.97 Å². The molecule has 188 valence electrons. The number of rotatable bonds is 9. The van der Waals surface area contributed by atoms with Gasteiger partial charge < -0.3 is 14.8 Å². The van der Waals surface area contributed by atoms with Crippen molar-refractivity contribution in [2.24, 2.45) is 0 Å². The summed E-state index contributed by atoms with van der Waals surface area (Å²) in [5, 5.41) is 2.69. The van der Waals surface area contributed by atoms with E-state index in [1.54, 1.807) is 30.5 Å². The first-order valence-electron chi connectivity index (χ1n) is 12.1. The van der Waals surface area contributed by atoms with Crippen LogP contribution in [0.5, 0.6) is 11.5 Å². The topological polar surface area (TPSA) is 90.4 Å². The van der Waals surface area contributed by atoms with E-state index >= 15 is 0 Å². The lowest BCUT2D eigenvalue weighted by atomic mass is 9.82. The molecule has 1 amide bonds. The number of nitrogens with one attached hydrogen (secondary N) is 1. The molecule has 0 aliphatic heterocycles. The average molecular weight is 496 g/mol. The van der Waals surface area contributed by atoms with Crippen molar-refractivity contribution in [3.63, 3.8) is 0 Å². The van der Waals surface area contributed by atoms with Gasteiger partial charge in [-0.3, -0.25) is 9.78 Å². The van der Waals surface area contributed by atoms with Gasteiger partial charge in [0.05, 0.1) is 22.9 Å². The Balaban J connectivity index is 1.24. The number of para-hydroxylation sites is 2. The standard InChI is InChI=1S/C30H29N3O4/c1-4-30(2,3)21-9-14-24(15-10-21)37-25-16-11-22(12-17-25)33-28(34)20-36-29(35)18-13-23-19-31-26-7-5-6-8-27(26)32-23/h5-19H,4,20H2,1-3H3,(H,33,34)/b18-13+. The van der Waals surface area contributed by atoms with E-state index in [0.29, 0.717) is 17.1 Å². The van der Waals surface area contributed by atoms with Crippen molar-refractivity contribution in [3.8, 4) is 11.5 Å². The molecule has 1 N–H and O–H groups in total. The molecule has 1 heterocycles. The van der Waals surface area contributed by atoms with Crippen LogP contribution in [0.25, 0.3) is 17.1 Å². The van der Waals surface area contributed by atoms with Crippen LogP contribution in [0.4, 0.5) is 5.69 Å². The molecule has 4 aromatic rings. The number of carbonyl (C=O) groups is 2. The molecule has 0 unspecified atom stereocenters. The predicted molar refractivity (Wildman–Crippen MR) is 144 cm³/mol. The second-order valence-corrected chi connectivity index (χ2v) is 9.16. The van der Waals surface area contributed by atoms with Crippen LogP contribution >= 0.6 is 0 Å². The Labute approximate surface area is 216 Å². The third kappa shape index (κ3) is 7.01. The first-order chi connectivity index (χ1) is 17.8. The van der Waals surface area contributed by atoms with Gasteiger partial charge in [0, 0.05) is 11.8 Å². The zero-order valence-corrected chi connectivity index (χ0v) is 21.1. The van der Waals surface area contributed by atoms with Crippen LogP contribution in [0.1, 0.15) is 38.4 Å². The quantitative estimate of drug-likeness (QED) is 0.216. The van der Waals surface area contributed by atoms with Crippen LogP contribution in [-0.4, -0.2) is 28.5 Å². The Bertz CT molecular complexity index is 1410. The molecule has 0 spiro atoms. The minimum absolute atomic E-state index is 0.120. The van der Waals surface area contributed by atoms with E-state index in [9.17, 15) is 9.59 Å². The van der Waals surface area contributed by atoms with Gasteiger partial charge in [0.25, 0.3) is 5.91 Å². The van der Waals surface area contributed by atoms with Crippen molar-refractivity contribution in [2.45, 2.75) is 32.6 Å². The van der Waals surface area contributed by atoms with E-state index in [-0.39, 0.29) is 5.41 Å². The molecular formula is C30H29N3O4. The summed E-state index contributed by atoms with van der Waals surface area (Å²) in [7, 11) is 0. The minimum atomic E-state index is -0.651. The van der Waals surface area contributed by atoms with E-state index in [2.05, 4.69) is 48.2 Å². The lowest BCUT2D eigenvalue weighted by Crippen LogP contribution is -2.20. The Morgan fingerprint density at radius 2 is 1.57 bits per heavy atom. The molecule has 0 aliphatic rings. The van der Waals surface area contributed by atoms with Crippen LogP contribution in [0.3, 0.4) is 0 Å². The van der Waals surface area contributed by atoms with E-state index in [1.807, 2.05) is 36.4 Å². The molecule has 7 heteroatoms.